The lowest BCUT2D eigenvalue weighted by molar-refractivity contribution is 0.0898. The lowest BCUT2D eigenvalue weighted by Gasteiger charge is -2.25. The maximum Gasteiger partial charge on any atom is 0.252 e. The Bertz CT molecular complexity index is 416. The summed E-state index contributed by atoms with van der Waals surface area (Å²) < 4.78 is 13.1. The fourth-order valence-corrected chi connectivity index (χ4v) is 1.56. The van der Waals surface area contributed by atoms with Crippen molar-refractivity contribution in [2.45, 2.75) is 32.7 Å². The molecule has 0 aliphatic rings. The number of halogens is 1. The van der Waals surface area contributed by atoms with E-state index in [1.165, 1.54) is 12.1 Å². The maximum absolute atomic E-state index is 13.1. The molecule has 0 unspecified atom stereocenters. The number of carbonyl (C=O) groups is 1. The van der Waals surface area contributed by atoms with E-state index in [1.54, 1.807) is 13.0 Å². The van der Waals surface area contributed by atoms with E-state index in [4.69, 9.17) is 5.11 Å². The van der Waals surface area contributed by atoms with E-state index in [1.807, 2.05) is 13.8 Å². The van der Waals surface area contributed by atoms with E-state index in [0.29, 0.717) is 12.0 Å². The van der Waals surface area contributed by atoms with Crippen LogP contribution in [0.3, 0.4) is 0 Å². The zero-order valence-corrected chi connectivity index (χ0v) is 10.4. The molecule has 0 fully saturated rings. The van der Waals surface area contributed by atoms with Crippen LogP contribution in [0, 0.1) is 12.7 Å². The zero-order chi connectivity index (χ0) is 13.1. The Morgan fingerprint density at radius 3 is 2.71 bits per heavy atom. The van der Waals surface area contributed by atoms with Crippen molar-refractivity contribution >= 4 is 5.91 Å². The Hall–Kier alpha value is -1.42. The average Bonchev–Trinajstić information content (AvgIpc) is 2.20. The van der Waals surface area contributed by atoms with Gasteiger partial charge in [-0.05, 0) is 44.9 Å². The number of benzene rings is 1. The summed E-state index contributed by atoms with van der Waals surface area (Å²) in [5.74, 6) is -0.749. The van der Waals surface area contributed by atoms with E-state index < -0.39 is 11.4 Å². The van der Waals surface area contributed by atoms with E-state index in [2.05, 4.69) is 5.32 Å². The average molecular weight is 239 g/mol. The Kier molecular flexibility index (Phi) is 4.23. The molecule has 3 nitrogen and oxygen atoms in total. The summed E-state index contributed by atoms with van der Waals surface area (Å²) in [6.45, 7) is 5.38. The van der Waals surface area contributed by atoms with Crippen molar-refractivity contribution in [3.05, 3.63) is 35.1 Å². The van der Waals surface area contributed by atoms with Gasteiger partial charge in [-0.25, -0.2) is 4.39 Å². The number of nitrogens with one attached hydrogen (secondary N) is 1. The highest BCUT2D eigenvalue weighted by atomic mass is 19.1. The molecule has 1 rings (SSSR count). The molecule has 0 heterocycles. The fraction of sp³-hybridized carbons (Fsp3) is 0.462. The van der Waals surface area contributed by atoms with E-state index in [9.17, 15) is 9.18 Å². The minimum absolute atomic E-state index is 0.00455. The largest absolute Gasteiger partial charge is 0.396 e. The van der Waals surface area contributed by atoms with Gasteiger partial charge in [0.1, 0.15) is 5.82 Å². The Morgan fingerprint density at radius 2 is 2.12 bits per heavy atom. The van der Waals surface area contributed by atoms with Crippen LogP contribution in [0.15, 0.2) is 18.2 Å². The van der Waals surface area contributed by atoms with Gasteiger partial charge >= 0.3 is 0 Å². The molecule has 1 amide bonds. The molecule has 0 saturated carbocycles. The molecule has 0 spiro atoms. The first-order valence-corrected chi connectivity index (χ1v) is 5.55. The molecular weight excluding hydrogens is 221 g/mol. The quantitative estimate of drug-likeness (QED) is 0.844. The van der Waals surface area contributed by atoms with Crippen LogP contribution in [0.5, 0.6) is 0 Å². The van der Waals surface area contributed by atoms with Gasteiger partial charge < -0.3 is 10.4 Å². The number of aliphatic hydroxyl groups is 1. The molecule has 0 aliphatic carbocycles. The first-order chi connectivity index (χ1) is 7.85. The van der Waals surface area contributed by atoms with Crippen LogP contribution in [0.4, 0.5) is 4.39 Å². The van der Waals surface area contributed by atoms with E-state index in [-0.39, 0.29) is 12.5 Å². The number of aliphatic hydroxyl groups excluding tert-OH is 1. The number of hydrogen-bond acceptors (Lipinski definition) is 2. The van der Waals surface area contributed by atoms with Crippen LogP contribution in [0.25, 0.3) is 0 Å². The third-order valence-corrected chi connectivity index (χ3v) is 2.63. The Labute approximate surface area is 101 Å². The van der Waals surface area contributed by atoms with Crippen molar-refractivity contribution in [2.75, 3.05) is 6.61 Å². The second kappa shape index (κ2) is 5.27. The molecule has 94 valence electrons. The molecule has 17 heavy (non-hydrogen) atoms. The summed E-state index contributed by atoms with van der Waals surface area (Å²) >= 11 is 0. The van der Waals surface area contributed by atoms with Gasteiger partial charge in [-0.3, -0.25) is 4.79 Å². The third-order valence-electron chi connectivity index (χ3n) is 2.63. The number of hydrogen-bond donors (Lipinski definition) is 2. The van der Waals surface area contributed by atoms with Gasteiger partial charge in [-0.1, -0.05) is 6.07 Å². The SMILES string of the molecule is Cc1ccc(F)cc1C(=O)NC(C)(C)CCO. The molecular formula is C13H18FNO2. The second-order valence-corrected chi connectivity index (χ2v) is 4.77. The highest BCUT2D eigenvalue weighted by molar-refractivity contribution is 5.96. The number of amides is 1. The van der Waals surface area contributed by atoms with Gasteiger partial charge in [0.25, 0.3) is 5.91 Å². The third kappa shape index (κ3) is 3.82. The van der Waals surface area contributed by atoms with Gasteiger partial charge in [-0.15, -0.1) is 0 Å². The minimum Gasteiger partial charge on any atom is -0.396 e. The number of aryl methyl sites for hydroxylation is 1. The summed E-state index contributed by atoms with van der Waals surface area (Å²) in [5, 5.41) is 11.6. The lowest BCUT2D eigenvalue weighted by atomic mass is 9.99. The van der Waals surface area contributed by atoms with Crippen molar-refractivity contribution in [1.29, 1.82) is 0 Å². The molecule has 0 bridgehead atoms. The summed E-state index contributed by atoms with van der Waals surface area (Å²) in [5.41, 5.74) is 0.546. The molecule has 0 aliphatic heterocycles. The van der Waals surface area contributed by atoms with Crippen LogP contribution in [0.1, 0.15) is 36.2 Å². The maximum atomic E-state index is 13.1. The van der Waals surface area contributed by atoms with Crippen LogP contribution < -0.4 is 5.32 Å². The van der Waals surface area contributed by atoms with Gasteiger partial charge in [0.05, 0.1) is 0 Å². The Morgan fingerprint density at radius 1 is 1.47 bits per heavy atom. The summed E-state index contributed by atoms with van der Waals surface area (Å²) in [7, 11) is 0. The van der Waals surface area contributed by atoms with Crippen molar-refractivity contribution in [3.8, 4) is 0 Å². The van der Waals surface area contributed by atoms with Crippen molar-refractivity contribution in [1.82, 2.24) is 5.32 Å². The normalized spacial score (nSPS) is 11.4. The summed E-state index contributed by atoms with van der Waals surface area (Å²) in [4.78, 5) is 11.9. The second-order valence-electron chi connectivity index (χ2n) is 4.77. The number of rotatable bonds is 4. The van der Waals surface area contributed by atoms with Crippen LogP contribution >= 0.6 is 0 Å². The molecule has 1 aromatic carbocycles. The molecule has 4 heteroatoms. The monoisotopic (exact) mass is 239 g/mol. The van der Waals surface area contributed by atoms with Crippen molar-refractivity contribution in [3.63, 3.8) is 0 Å². The van der Waals surface area contributed by atoms with Gasteiger partial charge in [0.2, 0.25) is 0 Å². The summed E-state index contributed by atoms with van der Waals surface area (Å²) in [6.07, 6.45) is 0.451. The molecule has 1 aromatic rings. The standard InChI is InChI=1S/C13H18FNO2/c1-9-4-5-10(14)8-11(9)12(17)15-13(2,3)6-7-16/h4-5,8,16H,6-7H2,1-3H3,(H,15,17). The van der Waals surface area contributed by atoms with E-state index in [0.717, 1.165) is 5.56 Å². The summed E-state index contributed by atoms with van der Waals surface area (Å²) in [6, 6.07) is 4.12. The molecule has 0 atom stereocenters. The molecule has 0 radical (unpaired) electrons. The van der Waals surface area contributed by atoms with Gasteiger partial charge in [-0.2, -0.15) is 0 Å². The predicted octanol–water partition coefficient (Wildman–Crippen LogP) is 2.02. The first kappa shape index (κ1) is 13.6. The number of carbonyl (C=O) groups excluding carboxylic acids is 1. The van der Waals surface area contributed by atoms with Gasteiger partial charge in [0, 0.05) is 17.7 Å². The fourth-order valence-electron chi connectivity index (χ4n) is 1.56. The zero-order valence-electron chi connectivity index (χ0n) is 10.4. The lowest BCUT2D eigenvalue weighted by Crippen LogP contribution is -2.44. The van der Waals surface area contributed by atoms with Crippen LogP contribution in [-0.2, 0) is 0 Å². The smallest absolute Gasteiger partial charge is 0.252 e. The van der Waals surface area contributed by atoms with Crippen molar-refractivity contribution in [2.24, 2.45) is 0 Å². The topological polar surface area (TPSA) is 49.3 Å². The molecule has 0 saturated heterocycles. The molecule has 0 aromatic heterocycles. The van der Waals surface area contributed by atoms with Crippen LogP contribution in [0.2, 0.25) is 0 Å². The van der Waals surface area contributed by atoms with Crippen LogP contribution in [-0.4, -0.2) is 23.2 Å². The van der Waals surface area contributed by atoms with Gasteiger partial charge in [0.15, 0.2) is 0 Å². The molecule has 2 N–H and O–H groups in total. The highest BCUT2D eigenvalue weighted by Gasteiger charge is 2.21. The predicted molar refractivity (Wildman–Crippen MR) is 64.4 cm³/mol. The minimum atomic E-state index is -0.509. The highest BCUT2D eigenvalue weighted by Crippen LogP contribution is 2.13. The van der Waals surface area contributed by atoms with E-state index >= 15 is 0 Å². The first-order valence-electron chi connectivity index (χ1n) is 5.55. The Balaban J connectivity index is 2.86. The van der Waals surface area contributed by atoms with Crippen molar-refractivity contribution < 1.29 is 14.3 Å².